The van der Waals surface area contributed by atoms with Gasteiger partial charge in [-0.05, 0) is 36.8 Å². The molecule has 1 aromatic heterocycles. The van der Waals surface area contributed by atoms with E-state index < -0.39 is 0 Å². The van der Waals surface area contributed by atoms with Crippen LogP contribution in [0.25, 0.3) is 10.4 Å². The maximum absolute atomic E-state index is 3.61. The fraction of sp³-hybridized carbons (Fsp3) is 0.375. The first kappa shape index (κ1) is 13.2. The second-order valence-electron chi connectivity index (χ2n) is 5.12. The number of thiophene rings is 1. The highest BCUT2D eigenvalue weighted by atomic mass is 32.2. The van der Waals surface area contributed by atoms with Crippen molar-refractivity contribution in [3.8, 4) is 10.4 Å². The molecule has 1 saturated carbocycles. The van der Waals surface area contributed by atoms with Crippen LogP contribution in [0.5, 0.6) is 0 Å². The first-order valence-electron chi connectivity index (χ1n) is 6.71. The minimum Gasteiger partial charge on any atom is -0.310 e. The summed E-state index contributed by atoms with van der Waals surface area (Å²) >= 11 is 3.91. The predicted octanol–water partition coefficient (Wildman–Crippen LogP) is 4.40. The molecule has 19 heavy (non-hydrogen) atoms. The van der Waals surface area contributed by atoms with Crippen molar-refractivity contribution in [2.24, 2.45) is 0 Å². The average Bonchev–Trinajstić information content (AvgIpc) is 3.09. The first-order valence-corrected chi connectivity index (χ1v) is 8.75. The molecule has 1 aliphatic rings. The fourth-order valence-electron chi connectivity index (χ4n) is 2.24. The predicted molar refractivity (Wildman–Crippen MR) is 86.9 cm³/mol. The van der Waals surface area contributed by atoms with Crippen molar-refractivity contribution < 1.29 is 0 Å². The topological polar surface area (TPSA) is 12.0 Å². The third-order valence-electron chi connectivity index (χ3n) is 3.71. The van der Waals surface area contributed by atoms with Gasteiger partial charge >= 0.3 is 0 Å². The Labute approximate surface area is 123 Å². The summed E-state index contributed by atoms with van der Waals surface area (Å²) in [7, 11) is 0. The zero-order valence-electron chi connectivity index (χ0n) is 11.2. The number of thioether (sulfide) groups is 1. The smallest absolute Gasteiger partial charge is 0.0346 e. The normalized spacial score (nSPS) is 16.5. The van der Waals surface area contributed by atoms with E-state index in [2.05, 4.69) is 54.0 Å². The molecule has 0 spiro atoms. The van der Waals surface area contributed by atoms with E-state index in [1.54, 1.807) is 0 Å². The molecule has 1 nitrogen and oxygen atoms in total. The largest absolute Gasteiger partial charge is 0.310 e. The van der Waals surface area contributed by atoms with Crippen molar-refractivity contribution in [3.63, 3.8) is 0 Å². The maximum Gasteiger partial charge on any atom is 0.0346 e. The van der Waals surface area contributed by atoms with Gasteiger partial charge in [-0.25, -0.2) is 0 Å². The molecule has 1 aromatic carbocycles. The monoisotopic (exact) mass is 289 g/mol. The Kier molecular flexibility index (Phi) is 3.96. The van der Waals surface area contributed by atoms with Gasteiger partial charge in [-0.15, -0.1) is 11.3 Å². The first-order chi connectivity index (χ1) is 9.31. The van der Waals surface area contributed by atoms with Gasteiger partial charge in [0.05, 0.1) is 0 Å². The van der Waals surface area contributed by atoms with Crippen molar-refractivity contribution in [3.05, 3.63) is 47.3 Å². The molecule has 100 valence electrons. The van der Waals surface area contributed by atoms with E-state index in [9.17, 15) is 0 Å². The molecule has 0 radical (unpaired) electrons. The van der Waals surface area contributed by atoms with Crippen LogP contribution in [0.15, 0.2) is 42.5 Å². The number of nitrogens with one attached hydrogen (secondary N) is 1. The van der Waals surface area contributed by atoms with E-state index >= 15 is 0 Å². The van der Waals surface area contributed by atoms with Gasteiger partial charge in [-0.2, -0.15) is 11.8 Å². The van der Waals surface area contributed by atoms with Crippen LogP contribution in [0.3, 0.4) is 0 Å². The minimum absolute atomic E-state index is 0.555. The van der Waals surface area contributed by atoms with Crippen LogP contribution in [0.4, 0.5) is 0 Å². The standard InChI is InChI=1S/C16H19NS2/c1-18-16(9-10-16)12-17-11-14-7-8-15(19-14)13-5-3-2-4-6-13/h2-8,17H,9-12H2,1H3. The molecule has 0 amide bonds. The molecule has 0 unspecified atom stereocenters. The summed E-state index contributed by atoms with van der Waals surface area (Å²) in [6, 6.07) is 15.1. The number of benzene rings is 1. The van der Waals surface area contributed by atoms with Crippen LogP contribution < -0.4 is 5.32 Å². The second-order valence-corrected chi connectivity index (χ2v) is 7.57. The lowest BCUT2D eigenvalue weighted by Crippen LogP contribution is -2.24. The summed E-state index contributed by atoms with van der Waals surface area (Å²) in [4.78, 5) is 2.79. The minimum atomic E-state index is 0.555. The summed E-state index contributed by atoms with van der Waals surface area (Å²) in [5.41, 5.74) is 1.32. The van der Waals surface area contributed by atoms with Gasteiger partial charge in [0.15, 0.2) is 0 Å². The summed E-state index contributed by atoms with van der Waals surface area (Å²) in [6.45, 7) is 2.15. The average molecular weight is 289 g/mol. The van der Waals surface area contributed by atoms with Crippen LogP contribution in [0, 0.1) is 0 Å². The SMILES string of the molecule is CSC1(CNCc2ccc(-c3ccccc3)s2)CC1. The quantitative estimate of drug-likeness (QED) is 0.846. The van der Waals surface area contributed by atoms with Crippen LogP contribution in [0.2, 0.25) is 0 Å². The molecule has 1 fully saturated rings. The van der Waals surface area contributed by atoms with E-state index in [-0.39, 0.29) is 0 Å². The zero-order valence-corrected chi connectivity index (χ0v) is 12.8. The van der Waals surface area contributed by atoms with Gasteiger partial charge in [0, 0.05) is 27.6 Å². The highest BCUT2D eigenvalue weighted by molar-refractivity contribution is 8.00. The molecule has 0 aliphatic heterocycles. The maximum atomic E-state index is 3.61. The Hall–Kier alpha value is -0.770. The Bertz CT molecular complexity index is 529. The number of hydrogen-bond acceptors (Lipinski definition) is 3. The van der Waals surface area contributed by atoms with Gasteiger partial charge in [-0.1, -0.05) is 30.3 Å². The summed E-state index contributed by atoms with van der Waals surface area (Å²) < 4.78 is 0.555. The van der Waals surface area contributed by atoms with Crippen LogP contribution in [0.1, 0.15) is 17.7 Å². The van der Waals surface area contributed by atoms with Crippen LogP contribution >= 0.6 is 23.1 Å². The molecule has 2 aromatic rings. The fourth-order valence-corrected chi connectivity index (χ4v) is 3.98. The zero-order chi connectivity index (χ0) is 13.1. The molecule has 3 heteroatoms. The lowest BCUT2D eigenvalue weighted by atomic mass is 10.2. The summed E-state index contributed by atoms with van der Waals surface area (Å²) in [5.74, 6) is 0. The highest BCUT2D eigenvalue weighted by Gasteiger charge is 2.41. The van der Waals surface area contributed by atoms with Crippen molar-refractivity contribution in [1.82, 2.24) is 5.32 Å². The highest BCUT2D eigenvalue weighted by Crippen LogP contribution is 2.46. The lowest BCUT2D eigenvalue weighted by Gasteiger charge is -2.12. The van der Waals surface area contributed by atoms with E-state index in [1.165, 1.54) is 28.2 Å². The van der Waals surface area contributed by atoms with Crippen molar-refractivity contribution in [1.29, 1.82) is 0 Å². The molecule has 1 heterocycles. The number of rotatable bonds is 6. The molecule has 0 bridgehead atoms. The summed E-state index contributed by atoms with van der Waals surface area (Å²) in [6.07, 6.45) is 4.98. The Morgan fingerprint density at radius 1 is 1.16 bits per heavy atom. The van der Waals surface area contributed by atoms with Gasteiger partial charge < -0.3 is 5.32 Å². The molecule has 0 saturated heterocycles. The van der Waals surface area contributed by atoms with Crippen LogP contribution in [-0.2, 0) is 6.54 Å². The van der Waals surface area contributed by atoms with Gasteiger partial charge in [0.1, 0.15) is 0 Å². The van der Waals surface area contributed by atoms with Crippen molar-refractivity contribution in [2.45, 2.75) is 24.1 Å². The molecule has 0 atom stereocenters. The van der Waals surface area contributed by atoms with Gasteiger partial charge in [0.25, 0.3) is 0 Å². The van der Waals surface area contributed by atoms with Crippen LogP contribution in [-0.4, -0.2) is 17.5 Å². The van der Waals surface area contributed by atoms with E-state index in [1.807, 2.05) is 23.1 Å². The Balaban J connectivity index is 1.57. The summed E-state index contributed by atoms with van der Waals surface area (Å²) in [5, 5.41) is 3.61. The molecule has 3 rings (SSSR count). The lowest BCUT2D eigenvalue weighted by molar-refractivity contribution is 0.669. The van der Waals surface area contributed by atoms with Crippen molar-refractivity contribution in [2.75, 3.05) is 12.8 Å². The van der Waals surface area contributed by atoms with Gasteiger partial charge in [0.2, 0.25) is 0 Å². The molecule has 1 N–H and O–H groups in total. The van der Waals surface area contributed by atoms with Gasteiger partial charge in [-0.3, -0.25) is 0 Å². The van der Waals surface area contributed by atoms with E-state index in [4.69, 9.17) is 0 Å². The van der Waals surface area contributed by atoms with Crippen molar-refractivity contribution >= 4 is 23.1 Å². The molecule has 1 aliphatic carbocycles. The molecular weight excluding hydrogens is 270 g/mol. The van der Waals surface area contributed by atoms with E-state index in [0.717, 1.165) is 13.1 Å². The molecular formula is C16H19NS2. The Morgan fingerprint density at radius 2 is 1.95 bits per heavy atom. The van der Waals surface area contributed by atoms with E-state index in [0.29, 0.717) is 4.75 Å². The Morgan fingerprint density at radius 3 is 2.63 bits per heavy atom. The third-order valence-corrected chi connectivity index (χ3v) is 6.26. The second kappa shape index (κ2) is 5.70. The third kappa shape index (κ3) is 3.22. The number of hydrogen-bond donors (Lipinski definition) is 1.